The van der Waals surface area contributed by atoms with Gasteiger partial charge in [-0.3, -0.25) is 5.41 Å². The molecule has 1 atom stereocenters. The van der Waals surface area contributed by atoms with Crippen molar-refractivity contribution in [1.82, 2.24) is 9.88 Å². The quantitative estimate of drug-likeness (QED) is 0.787. The van der Waals surface area contributed by atoms with Gasteiger partial charge < -0.3 is 14.7 Å². The maximum atomic E-state index is 10.0. The number of piperidine rings is 1. The average molecular weight is 298 g/mol. The van der Waals surface area contributed by atoms with Crippen LogP contribution in [0.1, 0.15) is 24.8 Å². The number of halogens is 1. The Hall–Kier alpha value is -1.17. The third-order valence-corrected chi connectivity index (χ3v) is 3.54. The number of likely N-dealkylation sites (tertiary alicyclic amines) is 1. The number of hydrogen-bond acceptors (Lipinski definition) is 5. The standard InChI is InChI=1S/C14H20ClN3O2/c15-13(16)12-5-4-6-17-14(12)20-10-11(19)9-18-7-2-1-3-8-18/h4-6,11,16,19H,1-3,7-10H2. The third-order valence-electron chi connectivity index (χ3n) is 3.34. The van der Waals surface area contributed by atoms with Crippen LogP contribution in [0.15, 0.2) is 18.3 Å². The van der Waals surface area contributed by atoms with Crippen molar-refractivity contribution in [2.24, 2.45) is 0 Å². The molecule has 0 bridgehead atoms. The molecule has 2 rings (SSSR count). The Morgan fingerprint density at radius 1 is 1.45 bits per heavy atom. The van der Waals surface area contributed by atoms with Gasteiger partial charge in [-0.1, -0.05) is 18.0 Å². The Kier molecular flexibility index (Phi) is 5.76. The SMILES string of the molecule is N=C(Cl)c1cccnc1OCC(O)CN1CCCCC1. The molecule has 2 heterocycles. The van der Waals surface area contributed by atoms with E-state index < -0.39 is 6.10 Å². The molecule has 0 amide bonds. The first-order valence-corrected chi connectivity index (χ1v) is 7.27. The molecule has 5 nitrogen and oxygen atoms in total. The highest BCUT2D eigenvalue weighted by atomic mass is 35.5. The second kappa shape index (κ2) is 7.57. The van der Waals surface area contributed by atoms with E-state index in [4.69, 9.17) is 21.7 Å². The van der Waals surface area contributed by atoms with Crippen LogP contribution in [0.3, 0.4) is 0 Å². The van der Waals surface area contributed by atoms with Gasteiger partial charge in [0, 0.05) is 12.7 Å². The van der Waals surface area contributed by atoms with Gasteiger partial charge in [0.25, 0.3) is 0 Å². The summed E-state index contributed by atoms with van der Waals surface area (Å²) in [6.07, 6.45) is 4.68. The van der Waals surface area contributed by atoms with Gasteiger partial charge in [0.2, 0.25) is 5.88 Å². The Balaban J connectivity index is 1.83. The summed E-state index contributed by atoms with van der Waals surface area (Å²) in [7, 11) is 0. The summed E-state index contributed by atoms with van der Waals surface area (Å²) in [5.41, 5.74) is 0.444. The number of ether oxygens (including phenoxy) is 1. The molecule has 1 aromatic heterocycles. The zero-order chi connectivity index (χ0) is 14.4. The molecule has 0 aromatic carbocycles. The van der Waals surface area contributed by atoms with Crippen molar-refractivity contribution in [1.29, 1.82) is 5.41 Å². The van der Waals surface area contributed by atoms with Crippen LogP contribution in [0.5, 0.6) is 5.88 Å². The van der Waals surface area contributed by atoms with Gasteiger partial charge in [-0.15, -0.1) is 0 Å². The van der Waals surface area contributed by atoms with E-state index in [9.17, 15) is 5.11 Å². The first kappa shape index (κ1) is 15.2. The second-order valence-electron chi connectivity index (χ2n) is 5.00. The largest absolute Gasteiger partial charge is 0.474 e. The van der Waals surface area contributed by atoms with Crippen LogP contribution >= 0.6 is 11.6 Å². The fraction of sp³-hybridized carbons (Fsp3) is 0.571. The summed E-state index contributed by atoms with van der Waals surface area (Å²) in [4.78, 5) is 6.30. The fourth-order valence-corrected chi connectivity index (χ4v) is 2.48. The molecular weight excluding hydrogens is 278 g/mol. The van der Waals surface area contributed by atoms with Gasteiger partial charge >= 0.3 is 0 Å². The van der Waals surface area contributed by atoms with Gasteiger partial charge in [0.1, 0.15) is 17.9 Å². The molecule has 20 heavy (non-hydrogen) atoms. The van der Waals surface area contributed by atoms with Crippen LogP contribution in [0.25, 0.3) is 0 Å². The highest BCUT2D eigenvalue weighted by Gasteiger charge is 2.16. The van der Waals surface area contributed by atoms with E-state index in [1.54, 1.807) is 18.3 Å². The number of rotatable bonds is 6. The normalized spacial score (nSPS) is 17.7. The molecule has 1 aromatic rings. The van der Waals surface area contributed by atoms with E-state index in [1.165, 1.54) is 19.3 Å². The lowest BCUT2D eigenvalue weighted by atomic mass is 10.1. The number of aliphatic hydroxyl groups is 1. The van der Waals surface area contributed by atoms with Crippen LogP contribution in [0.4, 0.5) is 0 Å². The zero-order valence-electron chi connectivity index (χ0n) is 11.4. The zero-order valence-corrected chi connectivity index (χ0v) is 12.1. The van der Waals surface area contributed by atoms with Gasteiger partial charge in [0.05, 0.1) is 5.56 Å². The van der Waals surface area contributed by atoms with Crippen molar-refractivity contribution >= 4 is 16.8 Å². The molecule has 0 saturated carbocycles. The lowest BCUT2D eigenvalue weighted by Crippen LogP contribution is -2.38. The predicted molar refractivity (Wildman–Crippen MR) is 78.7 cm³/mol. The van der Waals surface area contributed by atoms with E-state index in [-0.39, 0.29) is 11.8 Å². The summed E-state index contributed by atoms with van der Waals surface area (Å²) < 4.78 is 5.49. The molecule has 6 heteroatoms. The third kappa shape index (κ3) is 4.44. The van der Waals surface area contributed by atoms with E-state index in [1.807, 2.05) is 0 Å². The summed E-state index contributed by atoms with van der Waals surface area (Å²) in [5, 5.41) is 17.3. The maximum absolute atomic E-state index is 10.0. The molecule has 2 N–H and O–H groups in total. The first-order chi connectivity index (χ1) is 9.66. The van der Waals surface area contributed by atoms with E-state index in [0.717, 1.165) is 13.1 Å². The van der Waals surface area contributed by atoms with E-state index >= 15 is 0 Å². The number of nitrogens with one attached hydrogen (secondary N) is 1. The lowest BCUT2D eigenvalue weighted by molar-refractivity contribution is 0.0602. The molecule has 0 aliphatic carbocycles. The van der Waals surface area contributed by atoms with Crippen LogP contribution in [-0.2, 0) is 0 Å². The van der Waals surface area contributed by atoms with E-state index in [2.05, 4.69) is 9.88 Å². The summed E-state index contributed by atoms with van der Waals surface area (Å²) in [6.45, 7) is 2.85. The Morgan fingerprint density at radius 3 is 2.90 bits per heavy atom. The number of aromatic nitrogens is 1. The van der Waals surface area contributed by atoms with Crippen LogP contribution < -0.4 is 4.74 Å². The molecule has 1 unspecified atom stereocenters. The molecule has 1 aliphatic rings. The monoisotopic (exact) mass is 297 g/mol. The van der Waals surface area contributed by atoms with Crippen molar-refractivity contribution in [2.45, 2.75) is 25.4 Å². The molecule has 110 valence electrons. The Labute approximate surface area is 124 Å². The maximum Gasteiger partial charge on any atom is 0.223 e. The van der Waals surface area contributed by atoms with Crippen molar-refractivity contribution in [3.63, 3.8) is 0 Å². The predicted octanol–water partition coefficient (Wildman–Crippen LogP) is 1.87. The molecule has 0 radical (unpaired) electrons. The Bertz CT molecular complexity index is 450. The van der Waals surface area contributed by atoms with Gasteiger partial charge in [0.15, 0.2) is 0 Å². The minimum Gasteiger partial charge on any atom is -0.474 e. The molecular formula is C14H20ClN3O2. The molecule has 1 saturated heterocycles. The second-order valence-corrected chi connectivity index (χ2v) is 5.37. The number of hydrogen-bond donors (Lipinski definition) is 2. The van der Waals surface area contributed by atoms with Crippen LogP contribution in [-0.4, -0.2) is 52.5 Å². The van der Waals surface area contributed by atoms with Crippen LogP contribution in [0, 0.1) is 5.41 Å². The number of nitrogens with zero attached hydrogens (tertiary/aromatic N) is 2. The average Bonchev–Trinajstić information content (AvgIpc) is 2.46. The van der Waals surface area contributed by atoms with Crippen molar-refractivity contribution in [3.8, 4) is 5.88 Å². The van der Waals surface area contributed by atoms with Gasteiger partial charge in [-0.25, -0.2) is 4.98 Å². The number of β-amino-alcohol motifs (C(OH)–C–C–N with tert-alkyl or cyclic N) is 1. The Morgan fingerprint density at radius 2 is 2.20 bits per heavy atom. The topological polar surface area (TPSA) is 69.4 Å². The highest BCUT2D eigenvalue weighted by molar-refractivity contribution is 6.68. The first-order valence-electron chi connectivity index (χ1n) is 6.89. The number of pyridine rings is 1. The minimum absolute atomic E-state index is 0.112. The van der Waals surface area contributed by atoms with Crippen molar-refractivity contribution in [2.75, 3.05) is 26.2 Å². The minimum atomic E-state index is -0.563. The molecule has 0 spiro atoms. The smallest absolute Gasteiger partial charge is 0.223 e. The molecule has 1 fully saturated rings. The van der Waals surface area contributed by atoms with Crippen LogP contribution in [0.2, 0.25) is 0 Å². The van der Waals surface area contributed by atoms with E-state index in [0.29, 0.717) is 18.0 Å². The summed E-state index contributed by atoms with van der Waals surface area (Å²) >= 11 is 5.67. The summed E-state index contributed by atoms with van der Waals surface area (Å²) in [5.74, 6) is 0.296. The fourth-order valence-electron chi connectivity index (χ4n) is 2.34. The van der Waals surface area contributed by atoms with Gasteiger partial charge in [-0.2, -0.15) is 0 Å². The lowest BCUT2D eigenvalue weighted by Gasteiger charge is -2.28. The van der Waals surface area contributed by atoms with Crippen molar-refractivity contribution < 1.29 is 9.84 Å². The molecule has 1 aliphatic heterocycles. The van der Waals surface area contributed by atoms with Gasteiger partial charge in [-0.05, 0) is 38.1 Å². The number of aliphatic hydroxyl groups excluding tert-OH is 1. The van der Waals surface area contributed by atoms with Crippen molar-refractivity contribution in [3.05, 3.63) is 23.9 Å². The highest BCUT2D eigenvalue weighted by Crippen LogP contribution is 2.17. The summed E-state index contributed by atoms with van der Waals surface area (Å²) in [6, 6.07) is 3.37.